The predicted molar refractivity (Wildman–Crippen MR) is 144 cm³/mol. The van der Waals surface area contributed by atoms with Crippen molar-refractivity contribution in [2.75, 3.05) is 5.75 Å². The third-order valence-electron chi connectivity index (χ3n) is 6.99. The Kier molecular flexibility index (Phi) is 7.37. The molecule has 0 saturated heterocycles. The fourth-order valence-corrected chi connectivity index (χ4v) is 5.99. The van der Waals surface area contributed by atoms with Crippen LogP contribution in [0.2, 0.25) is 0 Å². The zero-order valence-corrected chi connectivity index (χ0v) is 21.5. The summed E-state index contributed by atoms with van der Waals surface area (Å²) in [4.78, 5) is 37.1. The van der Waals surface area contributed by atoms with E-state index >= 15 is 0 Å². The minimum atomic E-state index is -1.08. The number of fused-ring (bicyclic) bond motifs is 4. The van der Waals surface area contributed by atoms with Crippen LogP contribution in [0.4, 0.5) is 0 Å². The summed E-state index contributed by atoms with van der Waals surface area (Å²) in [5, 5.41) is 14.0. The van der Waals surface area contributed by atoms with Gasteiger partial charge in [0.2, 0.25) is 5.91 Å². The number of carboxylic acid groups (broad SMARTS) is 1. The van der Waals surface area contributed by atoms with Crippen molar-refractivity contribution >= 4 is 45.6 Å². The molecule has 1 atom stereocenters. The van der Waals surface area contributed by atoms with Crippen molar-refractivity contribution in [2.45, 2.75) is 57.2 Å². The molecule has 7 nitrogen and oxygen atoms in total. The SMILES string of the molecule is Cc1c(CCC(=O)NC(CSCc2ccccc2)C(=O)O)c(=O)oc2cc3oc4c(c3cc12)CCCC4. The van der Waals surface area contributed by atoms with Gasteiger partial charge in [0.05, 0.1) is 0 Å². The normalized spacial score (nSPS) is 14.0. The van der Waals surface area contributed by atoms with E-state index < -0.39 is 23.5 Å². The van der Waals surface area contributed by atoms with E-state index in [0.29, 0.717) is 16.9 Å². The number of rotatable bonds is 9. The summed E-state index contributed by atoms with van der Waals surface area (Å²) in [5.74, 6) is 0.431. The molecule has 1 aliphatic carbocycles. The van der Waals surface area contributed by atoms with Gasteiger partial charge in [0.25, 0.3) is 0 Å². The molecule has 4 aromatic rings. The second-order valence-corrected chi connectivity index (χ2v) is 10.5. The fourth-order valence-electron chi connectivity index (χ4n) is 4.98. The monoisotopic (exact) mass is 519 g/mol. The van der Waals surface area contributed by atoms with Gasteiger partial charge in [0.1, 0.15) is 23.0 Å². The highest BCUT2D eigenvalue weighted by Crippen LogP contribution is 2.35. The van der Waals surface area contributed by atoms with Crippen LogP contribution in [0.25, 0.3) is 21.9 Å². The standard InChI is InChI=1S/C29H29NO6S/c1-17-19(11-12-27(31)30-23(28(32)33)16-37-15-18-7-3-2-4-8-18)29(34)36-25-14-26-22(13-21(17)25)20-9-5-6-10-24(20)35-26/h2-4,7-8,13-14,23H,5-6,9-12,15-16H2,1H3,(H,30,31)(H,32,33). The molecule has 0 fully saturated rings. The van der Waals surface area contributed by atoms with Crippen LogP contribution in [0.5, 0.6) is 0 Å². The highest BCUT2D eigenvalue weighted by molar-refractivity contribution is 7.98. The molecule has 1 unspecified atom stereocenters. The maximum atomic E-state index is 12.8. The van der Waals surface area contributed by atoms with Gasteiger partial charge in [-0.05, 0) is 49.8 Å². The lowest BCUT2D eigenvalue weighted by molar-refractivity contribution is -0.141. The molecular formula is C29H29NO6S. The molecule has 5 rings (SSSR count). The summed E-state index contributed by atoms with van der Waals surface area (Å²) in [6.45, 7) is 1.87. The molecule has 192 valence electrons. The molecule has 0 radical (unpaired) electrons. The molecule has 8 heteroatoms. The first-order chi connectivity index (χ1) is 17.9. The van der Waals surface area contributed by atoms with Crippen molar-refractivity contribution in [1.82, 2.24) is 5.32 Å². The van der Waals surface area contributed by atoms with Gasteiger partial charge >= 0.3 is 11.6 Å². The summed E-state index contributed by atoms with van der Waals surface area (Å²) < 4.78 is 11.6. The number of thioether (sulfide) groups is 1. The van der Waals surface area contributed by atoms with E-state index in [1.807, 2.05) is 43.3 Å². The number of aliphatic carboxylic acids is 1. The van der Waals surface area contributed by atoms with Gasteiger partial charge < -0.3 is 19.3 Å². The van der Waals surface area contributed by atoms with Crippen molar-refractivity contribution in [3.63, 3.8) is 0 Å². The molecule has 2 N–H and O–H groups in total. The van der Waals surface area contributed by atoms with Gasteiger partial charge in [-0.3, -0.25) is 4.79 Å². The number of amides is 1. The highest BCUT2D eigenvalue weighted by Gasteiger charge is 2.22. The van der Waals surface area contributed by atoms with Crippen LogP contribution < -0.4 is 10.9 Å². The molecule has 0 spiro atoms. The first-order valence-electron chi connectivity index (χ1n) is 12.5. The van der Waals surface area contributed by atoms with Crippen molar-refractivity contribution < 1.29 is 23.5 Å². The van der Waals surface area contributed by atoms with Gasteiger partial charge in [-0.2, -0.15) is 11.8 Å². The largest absolute Gasteiger partial charge is 0.480 e. The first kappa shape index (κ1) is 25.1. The lowest BCUT2D eigenvalue weighted by Crippen LogP contribution is -2.42. The van der Waals surface area contributed by atoms with Crippen LogP contribution in [0, 0.1) is 6.92 Å². The van der Waals surface area contributed by atoms with E-state index in [4.69, 9.17) is 8.83 Å². The average molecular weight is 520 g/mol. The van der Waals surface area contributed by atoms with Crippen LogP contribution in [-0.2, 0) is 34.6 Å². The molecular weight excluding hydrogens is 490 g/mol. The number of furan rings is 1. The number of aryl methyl sites for hydroxylation is 3. The maximum absolute atomic E-state index is 12.8. The average Bonchev–Trinajstić information content (AvgIpc) is 3.25. The minimum Gasteiger partial charge on any atom is -0.480 e. The van der Waals surface area contributed by atoms with E-state index in [1.165, 1.54) is 17.3 Å². The van der Waals surface area contributed by atoms with Crippen LogP contribution in [0.1, 0.15) is 47.3 Å². The number of carbonyl (C=O) groups excluding carboxylic acids is 1. The van der Waals surface area contributed by atoms with E-state index in [1.54, 1.807) is 6.07 Å². The number of hydrogen-bond donors (Lipinski definition) is 2. The summed E-state index contributed by atoms with van der Waals surface area (Å²) in [6.07, 6.45) is 4.30. The van der Waals surface area contributed by atoms with Crippen molar-refractivity contribution in [3.05, 3.63) is 80.9 Å². The Balaban J connectivity index is 1.28. The third kappa shape index (κ3) is 5.44. The van der Waals surface area contributed by atoms with Gasteiger partial charge in [0, 0.05) is 52.3 Å². The lowest BCUT2D eigenvalue weighted by Gasteiger charge is -2.14. The summed E-state index contributed by atoms with van der Waals surface area (Å²) >= 11 is 1.45. The Labute approximate surface area is 218 Å². The molecule has 1 aliphatic rings. The molecule has 2 heterocycles. The van der Waals surface area contributed by atoms with Gasteiger partial charge in [-0.15, -0.1) is 0 Å². The van der Waals surface area contributed by atoms with Gasteiger partial charge in [0.15, 0.2) is 0 Å². The first-order valence-corrected chi connectivity index (χ1v) is 13.7. The molecule has 37 heavy (non-hydrogen) atoms. The lowest BCUT2D eigenvalue weighted by atomic mass is 9.94. The molecule has 0 saturated carbocycles. The second kappa shape index (κ2) is 10.8. The second-order valence-electron chi connectivity index (χ2n) is 9.51. The quantitative estimate of drug-likeness (QED) is 0.294. The van der Waals surface area contributed by atoms with Crippen molar-refractivity contribution in [3.8, 4) is 0 Å². The number of carboxylic acids is 1. The Hall–Kier alpha value is -3.52. The van der Waals surface area contributed by atoms with Gasteiger partial charge in [-0.25, -0.2) is 9.59 Å². The smallest absolute Gasteiger partial charge is 0.339 e. The van der Waals surface area contributed by atoms with Crippen LogP contribution in [0.3, 0.4) is 0 Å². The Morgan fingerprint density at radius 2 is 1.81 bits per heavy atom. The van der Waals surface area contributed by atoms with E-state index in [-0.39, 0.29) is 18.6 Å². The summed E-state index contributed by atoms with van der Waals surface area (Å²) in [6, 6.07) is 12.6. The zero-order chi connectivity index (χ0) is 25.9. The van der Waals surface area contributed by atoms with Crippen molar-refractivity contribution in [2.24, 2.45) is 0 Å². The number of nitrogens with one attached hydrogen (secondary N) is 1. The third-order valence-corrected chi connectivity index (χ3v) is 8.10. The van der Waals surface area contributed by atoms with Crippen LogP contribution >= 0.6 is 11.8 Å². The Morgan fingerprint density at radius 1 is 1.05 bits per heavy atom. The molecule has 2 aromatic carbocycles. The maximum Gasteiger partial charge on any atom is 0.339 e. The Morgan fingerprint density at radius 3 is 2.59 bits per heavy atom. The number of hydrogen-bond acceptors (Lipinski definition) is 6. The molecule has 0 bridgehead atoms. The number of benzene rings is 2. The topological polar surface area (TPSA) is 110 Å². The van der Waals surface area contributed by atoms with Crippen molar-refractivity contribution in [1.29, 1.82) is 0 Å². The highest BCUT2D eigenvalue weighted by atomic mass is 32.2. The van der Waals surface area contributed by atoms with Crippen LogP contribution in [-0.4, -0.2) is 28.8 Å². The Bertz CT molecular complexity index is 1520. The molecule has 0 aliphatic heterocycles. The van der Waals surface area contributed by atoms with E-state index in [2.05, 4.69) is 5.32 Å². The molecule has 2 aromatic heterocycles. The predicted octanol–water partition coefficient (Wildman–Crippen LogP) is 5.16. The van der Waals surface area contributed by atoms with E-state index in [0.717, 1.165) is 58.9 Å². The molecule has 1 amide bonds. The zero-order valence-electron chi connectivity index (χ0n) is 20.7. The van der Waals surface area contributed by atoms with E-state index in [9.17, 15) is 19.5 Å². The minimum absolute atomic E-state index is 0.00636. The fraction of sp³-hybridized carbons (Fsp3) is 0.345. The summed E-state index contributed by atoms with van der Waals surface area (Å²) in [5.41, 5.74) is 4.26. The van der Waals surface area contributed by atoms with Crippen LogP contribution in [0.15, 0.2) is 56.1 Å². The van der Waals surface area contributed by atoms with Gasteiger partial charge in [-0.1, -0.05) is 30.3 Å². The summed E-state index contributed by atoms with van der Waals surface area (Å²) in [7, 11) is 0. The number of carbonyl (C=O) groups is 2.